The molecule has 0 heterocycles. The predicted molar refractivity (Wildman–Crippen MR) is 128 cm³/mol. The molecule has 0 aliphatic heterocycles. The summed E-state index contributed by atoms with van der Waals surface area (Å²) in [5, 5.41) is 8.80. The van der Waals surface area contributed by atoms with Gasteiger partial charge in [0.25, 0.3) is 0 Å². The molecule has 0 amide bonds. The second kappa shape index (κ2) is 21.5. The number of unbranched alkanes of at least 4 members (excludes halogenated alkanes) is 9. The summed E-state index contributed by atoms with van der Waals surface area (Å²) >= 11 is 1.84. The topological polar surface area (TPSA) is 38.7 Å². The van der Waals surface area contributed by atoms with Crippen LogP contribution in [0.2, 0.25) is 0 Å². The van der Waals surface area contributed by atoms with Crippen LogP contribution in [-0.4, -0.2) is 49.6 Å². The molecule has 0 radical (unpaired) electrons. The molecule has 1 aliphatic rings. The lowest BCUT2D eigenvalue weighted by molar-refractivity contribution is 0.0198. The maximum absolute atomic E-state index is 8.80. The molecule has 1 aliphatic carbocycles. The van der Waals surface area contributed by atoms with Gasteiger partial charge in [-0.1, -0.05) is 96.3 Å². The van der Waals surface area contributed by atoms with Crippen molar-refractivity contribution >= 4 is 11.8 Å². The van der Waals surface area contributed by atoms with E-state index in [2.05, 4.69) is 0 Å². The molecule has 1 atom stereocenters. The number of hydrogen-bond donors (Lipinski definition) is 1. The van der Waals surface area contributed by atoms with Crippen molar-refractivity contribution in [2.45, 2.75) is 115 Å². The van der Waals surface area contributed by atoms with E-state index in [-0.39, 0.29) is 12.7 Å². The van der Waals surface area contributed by atoms with E-state index in [1.54, 1.807) is 7.11 Å². The Morgan fingerprint density at radius 3 is 2.07 bits per heavy atom. The number of thioether (sulfide) groups is 1. The Hall–Kier alpha value is 0.230. The zero-order valence-corrected chi connectivity index (χ0v) is 20.2. The van der Waals surface area contributed by atoms with Gasteiger partial charge in [0.1, 0.15) is 0 Å². The first-order valence-corrected chi connectivity index (χ1v) is 13.8. The van der Waals surface area contributed by atoms with Crippen LogP contribution in [0.15, 0.2) is 0 Å². The van der Waals surface area contributed by atoms with Gasteiger partial charge in [-0.25, -0.2) is 0 Å². The summed E-state index contributed by atoms with van der Waals surface area (Å²) < 4.78 is 11.2. The average molecular weight is 431 g/mol. The highest BCUT2D eigenvalue weighted by molar-refractivity contribution is 7.99. The zero-order valence-electron chi connectivity index (χ0n) is 19.4. The van der Waals surface area contributed by atoms with Gasteiger partial charge < -0.3 is 14.6 Å². The number of hydrogen-bond acceptors (Lipinski definition) is 4. The van der Waals surface area contributed by atoms with Gasteiger partial charge in [0.15, 0.2) is 0 Å². The minimum Gasteiger partial charge on any atom is -0.396 e. The third kappa shape index (κ3) is 17.6. The second-order valence-corrected chi connectivity index (χ2v) is 10.1. The standard InChI is InChI=1S/C25H50O3S/c1-27-25(23-29-21-15-19-26)22-28-20-14-9-7-5-3-2-4-6-8-11-16-24-17-12-10-13-18-24/h24-26H,2-23H2,1H3. The molecule has 174 valence electrons. The minimum absolute atomic E-state index is 0.182. The molecule has 1 rings (SSSR count). The minimum atomic E-state index is 0.182. The van der Waals surface area contributed by atoms with Crippen molar-refractivity contribution in [1.29, 1.82) is 0 Å². The number of rotatable bonds is 21. The van der Waals surface area contributed by atoms with E-state index < -0.39 is 0 Å². The van der Waals surface area contributed by atoms with Crippen LogP contribution in [0.4, 0.5) is 0 Å². The maximum Gasteiger partial charge on any atom is 0.0894 e. The van der Waals surface area contributed by atoms with Crippen molar-refractivity contribution in [3.05, 3.63) is 0 Å². The van der Waals surface area contributed by atoms with E-state index >= 15 is 0 Å². The Morgan fingerprint density at radius 2 is 1.45 bits per heavy atom. The number of aliphatic hydroxyl groups is 1. The summed E-state index contributed by atoms with van der Waals surface area (Å²) in [7, 11) is 1.76. The number of aliphatic hydroxyl groups excluding tert-OH is 1. The van der Waals surface area contributed by atoms with Gasteiger partial charge in [-0.15, -0.1) is 0 Å². The van der Waals surface area contributed by atoms with Gasteiger partial charge in [-0.2, -0.15) is 11.8 Å². The third-order valence-corrected chi connectivity index (χ3v) is 7.45. The van der Waals surface area contributed by atoms with E-state index in [0.717, 1.165) is 30.5 Å². The molecule has 0 saturated heterocycles. The summed E-state index contributed by atoms with van der Waals surface area (Å²) in [6, 6.07) is 0. The lowest BCUT2D eigenvalue weighted by Crippen LogP contribution is -2.21. The van der Waals surface area contributed by atoms with Crippen molar-refractivity contribution in [2.75, 3.05) is 38.4 Å². The van der Waals surface area contributed by atoms with E-state index in [0.29, 0.717) is 6.61 Å². The summed E-state index contributed by atoms with van der Waals surface area (Å²) in [6.07, 6.45) is 24.0. The van der Waals surface area contributed by atoms with Crippen LogP contribution >= 0.6 is 11.8 Å². The van der Waals surface area contributed by atoms with Crippen molar-refractivity contribution in [2.24, 2.45) is 5.92 Å². The SMILES string of the molecule is COC(COCCCCCCCCCCCCC1CCCCC1)CSCCCO. The Morgan fingerprint density at radius 1 is 0.828 bits per heavy atom. The summed E-state index contributed by atoms with van der Waals surface area (Å²) in [5.41, 5.74) is 0. The summed E-state index contributed by atoms with van der Waals surface area (Å²) in [5.74, 6) is 3.03. The van der Waals surface area contributed by atoms with Crippen LogP contribution < -0.4 is 0 Å². The highest BCUT2D eigenvalue weighted by atomic mass is 32.2. The van der Waals surface area contributed by atoms with E-state index in [9.17, 15) is 0 Å². The summed E-state index contributed by atoms with van der Waals surface area (Å²) in [6.45, 7) is 1.84. The largest absolute Gasteiger partial charge is 0.396 e. The molecule has 1 saturated carbocycles. The summed E-state index contributed by atoms with van der Waals surface area (Å²) in [4.78, 5) is 0. The Kier molecular flexibility index (Phi) is 20.2. The quantitative estimate of drug-likeness (QED) is 0.199. The van der Waals surface area contributed by atoms with E-state index in [1.807, 2.05) is 11.8 Å². The highest BCUT2D eigenvalue weighted by Crippen LogP contribution is 2.28. The van der Waals surface area contributed by atoms with Gasteiger partial charge in [0, 0.05) is 26.1 Å². The fourth-order valence-electron chi connectivity index (χ4n) is 4.31. The number of methoxy groups -OCH3 is 1. The molecule has 1 unspecified atom stereocenters. The fourth-order valence-corrected chi connectivity index (χ4v) is 5.30. The lowest BCUT2D eigenvalue weighted by Gasteiger charge is -2.21. The van der Waals surface area contributed by atoms with Gasteiger partial charge in [-0.3, -0.25) is 0 Å². The normalized spacial score (nSPS) is 16.3. The van der Waals surface area contributed by atoms with Crippen molar-refractivity contribution < 1.29 is 14.6 Å². The average Bonchev–Trinajstić information content (AvgIpc) is 2.76. The first-order valence-electron chi connectivity index (χ1n) is 12.7. The van der Waals surface area contributed by atoms with E-state index in [1.165, 1.54) is 103 Å². The van der Waals surface area contributed by atoms with Crippen molar-refractivity contribution in [1.82, 2.24) is 0 Å². The molecule has 0 spiro atoms. The fraction of sp³-hybridized carbons (Fsp3) is 1.00. The van der Waals surface area contributed by atoms with Crippen molar-refractivity contribution in [3.63, 3.8) is 0 Å². The Balaban J connectivity index is 1.74. The van der Waals surface area contributed by atoms with Crippen LogP contribution in [0.1, 0.15) is 109 Å². The first-order chi connectivity index (χ1) is 14.4. The van der Waals surface area contributed by atoms with Gasteiger partial charge >= 0.3 is 0 Å². The molecule has 3 nitrogen and oxygen atoms in total. The Labute approximate surface area is 186 Å². The van der Waals surface area contributed by atoms with Crippen LogP contribution in [0.5, 0.6) is 0 Å². The molecule has 4 heteroatoms. The lowest BCUT2D eigenvalue weighted by atomic mass is 9.85. The molecular formula is C25H50O3S. The maximum atomic E-state index is 8.80. The monoisotopic (exact) mass is 430 g/mol. The van der Waals surface area contributed by atoms with Gasteiger partial charge in [0.2, 0.25) is 0 Å². The molecule has 0 aromatic heterocycles. The highest BCUT2D eigenvalue weighted by Gasteiger charge is 2.12. The predicted octanol–water partition coefficient (Wildman–Crippen LogP) is 7.01. The molecular weight excluding hydrogens is 380 g/mol. The smallest absolute Gasteiger partial charge is 0.0894 e. The van der Waals surface area contributed by atoms with Crippen LogP contribution in [0.25, 0.3) is 0 Å². The van der Waals surface area contributed by atoms with Gasteiger partial charge in [0.05, 0.1) is 12.7 Å². The molecule has 1 N–H and O–H groups in total. The van der Waals surface area contributed by atoms with Crippen LogP contribution in [0, 0.1) is 5.92 Å². The molecule has 0 bridgehead atoms. The van der Waals surface area contributed by atoms with Gasteiger partial charge in [-0.05, 0) is 24.5 Å². The molecule has 0 aromatic carbocycles. The third-order valence-electron chi connectivity index (χ3n) is 6.26. The van der Waals surface area contributed by atoms with E-state index in [4.69, 9.17) is 14.6 Å². The first kappa shape index (κ1) is 27.3. The molecule has 1 fully saturated rings. The van der Waals surface area contributed by atoms with Crippen molar-refractivity contribution in [3.8, 4) is 0 Å². The van der Waals surface area contributed by atoms with Crippen LogP contribution in [-0.2, 0) is 9.47 Å². The molecule has 29 heavy (non-hydrogen) atoms. The molecule has 0 aromatic rings. The Bertz CT molecular complexity index is 321. The second-order valence-electron chi connectivity index (χ2n) is 8.91. The van der Waals surface area contributed by atoms with Crippen LogP contribution in [0.3, 0.4) is 0 Å². The number of ether oxygens (including phenoxy) is 2. The zero-order chi connectivity index (χ0) is 20.8.